The van der Waals surface area contributed by atoms with Gasteiger partial charge in [-0.05, 0) is 17.5 Å². The number of nitrogens with zero attached hydrogens (tertiary/aromatic N) is 1. The number of benzene rings is 2. The summed E-state index contributed by atoms with van der Waals surface area (Å²) in [4.78, 5) is 28.5. The maximum absolute atomic E-state index is 12.8. The first-order valence-electron chi connectivity index (χ1n) is 8.29. The number of imide groups is 1. The summed E-state index contributed by atoms with van der Waals surface area (Å²) in [6, 6.07) is 11.3. The minimum Gasteiger partial charge on any atom is -0.337 e. The molecule has 2 aromatic rings. The highest BCUT2D eigenvalue weighted by Crippen LogP contribution is 2.29. The van der Waals surface area contributed by atoms with Crippen LogP contribution < -0.4 is 10.2 Å². The highest BCUT2D eigenvalue weighted by molar-refractivity contribution is 6.25. The van der Waals surface area contributed by atoms with Crippen molar-refractivity contribution < 1.29 is 19.8 Å². The van der Waals surface area contributed by atoms with Crippen molar-refractivity contribution >= 4 is 22.6 Å². The molecule has 3 N–H and O–H groups in total. The van der Waals surface area contributed by atoms with Crippen molar-refractivity contribution in [3.05, 3.63) is 47.5 Å². The molecule has 2 heterocycles. The Morgan fingerprint density at radius 1 is 0.957 bits per heavy atom. The van der Waals surface area contributed by atoms with Crippen molar-refractivity contribution in [1.82, 2.24) is 4.90 Å². The molecule has 0 aromatic heterocycles. The summed E-state index contributed by atoms with van der Waals surface area (Å²) in [5.41, 5.74) is 1.30. The second kappa shape index (κ2) is 5.76. The number of carbonyl (C=O) groups is 2. The number of piperazine rings is 1. The molecular weight excluding hydrogens is 290 g/mol. The molecule has 0 saturated carbocycles. The third-order valence-corrected chi connectivity index (χ3v) is 4.95. The molecular formula is C18H21N3O2+2. The Kier molecular flexibility index (Phi) is 3.59. The first-order chi connectivity index (χ1) is 11.3. The van der Waals surface area contributed by atoms with E-state index in [9.17, 15) is 9.59 Å². The Hall–Kier alpha value is -2.24. The summed E-state index contributed by atoms with van der Waals surface area (Å²) in [6.07, 6.45) is 0. The summed E-state index contributed by atoms with van der Waals surface area (Å²) in [6.45, 7) is 5.78. The average Bonchev–Trinajstić information content (AvgIpc) is 2.60. The van der Waals surface area contributed by atoms with Crippen molar-refractivity contribution in [3.63, 3.8) is 0 Å². The zero-order chi connectivity index (χ0) is 15.8. The van der Waals surface area contributed by atoms with E-state index in [0.717, 1.165) is 43.5 Å². The fourth-order valence-electron chi connectivity index (χ4n) is 3.69. The van der Waals surface area contributed by atoms with Crippen LogP contribution in [0.25, 0.3) is 10.8 Å². The van der Waals surface area contributed by atoms with Gasteiger partial charge in [-0.25, -0.2) is 0 Å². The van der Waals surface area contributed by atoms with Crippen LogP contribution in [0.4, 0.5) is 0 Å². The molecule has 118 valence electrons. The quantitative estimate of drug-likeness (QED) is 0.707. The van der Waals surface area contributed by atoms with Gasteiger partial charge >= 0.3 is 0 Å². The number of rotatable bonds is 3. The van der Waals surface area contributed by atoms with Crippen LogP contribution in [0, 0.1) is 0 Å². The smallest absolute Gasteiger partial charge is 0.261 e. The van der Waals surface area contributed by atoms with E-state index in [1.165, 1.54) is 9.80 Å². The number of amides is 2. The Balaban J connectivity index is 1.63. The Morgan fingerprint density at radius 2 is 1.57 bits per heavy atom. The lowest BCUT2D eigenvalue weighted by Crippen LogP contribution is -3.21. The third-order valence-electron chi connectivity index (χ3n) is 4.95. The molecule has 0 radical (unpaired) electrons. The van der Waals surface area contributed by atoms with E-state index in [1.807, 2.05) is 36.4 Å². The lowest BCUT2D eigenvalue weighted by molar-refractivity contribution is -0.946. The predicted molar refractivity (Wildman–Crippen MR) is 86.5 cm³/mol. The van der Waals surface area contributed by atoms with E-state index in [0.29, 0.717) is 17.7 Å². The van der Waals surface area contributed by atoms with Gasteiger partial charge in [0.15, 0.2) is 0 Å². The Labute approximate surface area is 134 Å². The average molecular weight is 311 g/mol. The molecule has 2 aliphatic heterocycles. The van der Waals surface area contributed by atoms with E-state index in [2.05, 4.69) is 5.32 Å². The van der Waals surface area contributed by atoms with Gasteiger partial charge in [-0.15, -0.1) is 0 Å². The van der Waals surface area contributed by atoms with Crippen molar-refractivity contribution in [2.45, 2.75) is 0 Å². The normalized spacial score (nSPS) is 18.7. The standard InChI is InChI=1S/C18H19N3O2/c22-17-14-5-1-3-13-4-2-6-15(16(13)14)18(23)21(17)12-11-20-9-7-19-8-10-20/h1-6,19H,7-12H2/p+2. The molecule has 1 fully saturated rings. The van der Waals surface area contributed by atoms with E-state index in [1.54, 1.807) is 0 Å². The molecule has 2 aliphatic rings. The highest BCUT2D eigenvalue weighted by atomic mass is 16.2. The van der Waals surface area contributed by atoms with Crippen molar-refractivity contribution in [1.29, 1.82) is 0 Å². The van der Waals surface area contributed by atoms with Crippen LogP contribution in [0.15, 0.2) is 36.4 Å². The molecule has 0 spiro atoms. The zero-order valence-corrected chi connectivity index (χ0v) is 13.0. The lowest BCUT2D eigenvalue weighted by atomic mass is 9.94. The Bertz CT molecular complexity index is 730. The molecule has 5 heteroatoms. The van der Waals surface area contributed by atoms with E-state index in [4.69, 9.17) is 0 Å². The molecule has 5 nitrogen and oxygen atoms in total. The monoisotopic (exact) mass is 311 g/mol. The fourth-order valence-corrected chi connectivity index (χ4v) is 3.69. The van der Waals surface area contributed by atoms with Crippen LogP contribution in [0.3, 0.4) is 0 Å². The largest absolute Gasteiger partial charge is 0.337 e. The molecule has 4 rings (SSSR count). The molecule has 0 bridgehead atoms. The van der Waals surface area contributed by atoms with Crippen LogP contribution in [0.2, 0.25) is 0 Å². The number of quaternary nitrogens is 2. The van der Waals surface area contributed by atoms with Crippen LogP contribution in [0.1, 0.15) is 20.7 Å². The van der Waals surface area contributed by atoms with Crippen molar-refractivity contribution in [2.24, 2.45) is 0 Å². The van der Waals surface area contributed by atoms with E-state index < -0.39 is 0 Å². The maximum atomic E-state index is 12.8. The number of hydrogen-bond acceptors (Lipinski definition) is 2. The van der Waals surface area contributed by atoms with Gasteiger partial charge in [0.05, 0.1) is 13.1 Å². The van der Waals surface area contributed by atoms with Gasteiger partial charge in [-0.3, -0.25) is 14.5 Å². The molecule has 1 saturated heterocycles. The lowest BCUT2D eigenvalue weighted by Gasteiger charge is -2.29. The summed E-state index contributed by atoms with van der Waals surface area (Å²) in [7, 11) is 0. The van der Waals surface area contributed by atoms with Gasteiger partial charge in [-0.2, -0.15) is 0 Å². The van der Waals surface area contributed by atoms with Gasteiger partial charge in [0.2, 0.25) is 0 Å². The Morgan fingerprint density at radius 3 is 2.17 bits per heavy atom. The molecule has 0 unspecified atom stereocenters. The van der Waals surface area contributed by atoms with Gasteiger partial charge < -0.3 is 10.2 Å². The minimum absolute atomic E-state index is 0.151. The summed E-state index contributed by atoms with van der Waals surface area (Å²) in [5.74, 6) is -0.301. The first-order valence-corrected chi connectivity index (χ1v) is 8.29. The zero-order valence-electron chi connectivity index (χ0n) is 13.0. The van der Waals surface area contributed by atoms with E-state index in [-0.39, 0.29) is 11.8 Å². The summed E-state index contributed by atoms with van der Waals surface area (Å²) in [5, 5.41) is 4.08. The van der Waals surface area contributed by atoms with Crippen molar-refractivity contribution in [3.8, 4) is 0 Å². The minimum atomic E-state index is -0.151. The molecule has 2 aromatic carbocycles. The van der Waals surface area contributed by atoms with E-state index >= 15 is 0 Å². The number of carbonyl (C=O) groups excluding carboxylic acids is 2. The topological polar surface area (TPSA) is 58.4 Å². The van der Waals surface area contributed by atoms with Crippen molar-refractivity contribution in [2.75, 3.05) is 39.3 Å². The van der Waals surface area contributed by atoms with Gasteiger partial charge in [-0.1, -0.05) is 24.3 Å². The fraction of sp³-hybridized carbons (Fsp3) is 0.333. The number of nitrogens with two attached hydrogens (primary N) is 1. The molecule has 23 heavy (non-hydrogen) atoms. The first kappa shape index (κ1) is 14.4. The van der Waals surface area contributed by atoms with Gasteiger partial charge in [0.1, 0.15) is 26.2 Å². The number of nitrogens with one attached hydrogen (secondary N) is 1. The third kappa shape index (κ3) is 2.42. The van der Waals surface area contributed by atoms with Crippen LogP contribution >= 0.6 is 0 Å². The second-order valence-corrected chi connectivity index (χ2v) is 6.34. The van der Waals surface area contributed by atoms with Gasteiger partial charge in [0, 0.05) is 16.5 Å². The SMILES string of the molecule is O=C1c2cccc3cccc(c23)C(=O)N1CC[NH+]1CC[NH2+]CC1. The molecule has 2 amide bonds. The second-order valence-electron chi connectivity index (χ2n) is 6.34. The molecule has 0 aliphatic carbocycles. The predicted octanol–water partition coefficient (Wildman–Crippen LogP) is -1.10. The maximum Gasteiger partial charge on any atom is 0.261 e. The number of hydrogen-bond donors (Lipinski definition) is 2. The highest BCUT2D eigenvalue weighted by Gasteiger charge is 2.33. The van der Waals surface area contributed by atoms with Gasteiger partial charge in [0.25, 0.3) is 11.8 Å². The summed E-state index contributed by atoms with van der Waals surface area (Å²) < 4.78 is 0. The van der Waals surface area contributed by atoms with Crippen LogP contribution in [-0.4, -0.2) is 56.0 Å². The van der Waals surface area contributed by atoms with Crippen LogP contribution in [0.5, 0.6) is 0 Å². The summed E-state index contributed by atoms with van der Waals surface area (Å²) >= 11 is 0. The van der Waals surface area contributed by atoms with Crippen LogP contribution in [-0.2, 0) is 0 Å². The molecule has 0 atom stereocenters.